The molecule has 1 heterocycles. The second-order valence-corrected chi connectivity index (χ2v) is 6.79. The van der Waals surface area contributed by atoms with E-state index in [1.807, 2.05) is 0 Å². The second-order valence-electron chi connectivity index (χ2n) is 5.95. The Balaban J connectivity index is 1.80. The van der Waals surface area contributed by atoms with E-state index in [1.165, 1.54) is 29.2 Å². The highest BCUT2D eigenvalue weighted by Gasteiger charge is 2.35. The lowest BCUT2D eigenvalue weighted by Gasteiger charge is -2.12. The summed E-state index contributed by atoms with van der Waals surface area (Å²) in [5.41, 5.74) is 1.15. The predicted molar refractivity (Wildman–Crippen MR) is 103 cm³/mol. The van der Waals surface area contributed by atoms with Crippen molar-refractivity contribution in [2.75, 3.05) is 25.6 Å². The van der Waals surface area contributed by atoms with Crippen molar-refractivity contribution in [1.82, 2.24) is 4.90 Å². The van der Waals surface area contributed by atoms with Gasteiger partial charge in [-0.2, -0.15) is 0 Å². The summed E-state index contributed by atoms with van der Waals surface area (Å²) in [5, 5.41) is 3.42. The van der Waals surface area contributed by atoms with Crippen LogP contribution in [0, 0.1) is 0 Å². The Kier molecular flexibility index (Phi) is 5.79. The summed E-state index contributed by atoms with van der Waals surface area (Å²) in [6.45, 7) is 0.713. The maximum absolute atomic E-state index is 12.5. The Labute approximate surface area is 166 Å². The van der Waals surface area contributed by atoms with Crippen molar-refractivity contribution < 1.29 is 19.1 Å². The Morgan fingerprint density at radius 3 is 2.52 bits per heavy atom. The lowest BCUT2D eigenvalue weighted by atomic mass is 10.1. The number of hydrogen-bond donors (Lipinski definition) is 1. The molecule has 140 valence electrons. The van der Waals surface area contributed by atoms with Crippen molar-refractivity contribution in [3.63, 3.8) is 0 Å². The summed E-state index contributed by atoms with van der Waals surface area (Å²) >= 11 is 11.9. The van der Waals surface area contributed by atoms with Gasteiger partial charge in [0.2, 0.25) is 0 Å². The molecule has 2 aromatic rings. The number of amides is 3. The SMILES string of the molecule is COCCCN1C(=O)c2ccc(C(=O)Nc3ccc(Cl)cc3Cl)cc2C1=O. The summed E-state index contributed by atoms with van der Waals surface area (Å²) in [7, 11) is 1.56. The van der Waals surface area contributed by atoms with Crippen LogP contribution in [0.15, 0.2) is 36.4 Å². The summed E-state index contributed by atoms with van der Waals surface area (Å²) in [4.78, 5) is 38.6. The summed E-state index contributed by atoms with van der Waals surface area (Å²) in [5.74, 6) is -1.22. The molecule has 27 heavy (non-hydrogen) atoms. The standard InChI is InChI=1S/C19H16Cl2N2O4/c1-27-8-2-7-23-18(25)13-5-3-11(9-14(13)19(23)26)17(24)22-16-6-4-12(20)10-15(16)21/h3-6,9-10H,2,7-8H2,1H3,(H,22,24). The molecule has 0 fully saturated rings. The fraction of sp³-hybridized carbons (Fsp3) is 0.211. The Hall–Kier alpha value is -2.41. The third-order valence-corrected chi connectivity index (χ3v) is 4.69. The zero-order chi connectivity index (χ0) is 19.6. The van der Waals surface area contributed by atoms with Gasteiger partial charge in [0.05, 0.1) is 21.8 Å². The Morgan fingerprint density at radius 2 is 1.81 bits per heavy atom. The topological polar surface area (TPSA) is 75.7 Å². The van der Waals surface area contributed by atoms with Crippen LogP contribution in [0.3, 0.4) is 0 Å². The number of nitrogens with one attached hydrogen (secondary N) is 1. The van der Waals surface area contributed by atoms with Crippen LogP contribution in [0.2, 0.25) is 10.0 Å². The largest absolute Gasteiger partial charge is 0.385 e. The molecule has 0 saturated carbocycles. The van der Waals surface area contributed by atoms with E-state index >= 15 is 0 Å². The third kappa shape index (κ3) is 3.98. The fourth-order valence-corrected chi connectivity index (χ4v) is 3.24. The van der Waals surface area contributed by atoms with Crippen molar-refractivity contribution in [3.05, 3.63) is 63.1 Å². The minimum atomic E-state index is -0.444. The van der Waals surface area contributed by atoms with E-state index in [0.717, 1.165) is 0 Å². The Bertz CT molecular complexity index is 930. The van der Waals surface area contributed by atoms with Gasteiger partial charge >= 0.3 is 0 Å². The van der Waals surface area contributed by atoms with Gasteiger partial charge in [0.15, 0.2) is 0 Å². The molecule has 6 nitrogen and oxygen atoms in total. The fourth-order valence-electron chi connectivity index (χ4n) is 2.79. The number of hydrogen-bond acceptors (Lipinski definition) is 4. The lowest BCUT2D eigenvalue weighted by molar-refractivity contribution is 0.0638. The number of anilines is 1. The summed E-state index contributed by atoms with van der Waals surface area (Å²) in [6.07, 6.45) is 0.546. The number of halogens is 2. The molecule has 0 bridgehead atoms. The lowest BCUT2D eigenvalue weighted by Crippen LogP contribution is -2.31. The molecule has 0 unspecified atom stereocenters. The average Bonchev–Trinajstić information content (AvgIpc) is 2.88. The van der Waals surface area contributed by atoms with Crippen LogP contribution in [-0.4, -0.2) is 42.9 Å². The van der Waals surface area contributed by atoms with Gasteiger partial charge in [0.1, 0.15) is 0 Å². The Morgan fingerprint density at radius 1 is 1.07 bits per heavy atom. The monoisotopic (exact) mass is 406 g/mol. The van der Waals surface area contributed by atoms with Gasteiger partial charge in [-0.25, -0.2) is 0 Å². The first-order valence-corrected chi connectivity index (χ1v) is 8.93. The number of benzene rings is 2. The van der Waals surface area contributed by atoms with Crippen LogP contribution in [0.5, 0.6) is 0 Å². The number of carbonyl (C=O) groups excluding carboxylic acids is 3. The smallest absolute Gasteiger partial charge is 0.261 e. The molecule has 3 rings (SSSR count). The first kappa shape index (κ1) is 19.4. The second kappa shape index (κ2) is 8.08. The highest BCUT2D eigenvalue weighted by atomic mass is 35.5. The van der Waals surface area contributed by atoms with E-state index < -0.39 is 11.8 Å². The predicted octanol–water partition coefficient (Wildman–Crippen LogP) is 3.88. The van der Waals surface area contributed by atoms with Crippen molar-refractivity contribution in [1.29, 1.82) is 0 Å². The van der Waals surface area contributed by atoms with Gasteiger partial charge in [-0.1, -0.05) is 23.2 Å². The van der Waals surface area contributed by atoms with E-state index in [9.17, 15) is 14.4 Å². The first-order chi connectivity index (χ1) is 12.9. The summed E-state index contributed by atoms with van der Waals surface area (Å²) < 4.78 is 4.95. The molecule has 0 saturated heterocycles. The number of ether oxygens (including phenoxy) is 1. The highest BCUT2D eigenvalue weighted by Crippen LogP contribution is 2.27. The number of fused-ring (bicyclic) bond motifs is 1. The zero-order valence-corrected chi connectivity index (χ0v) is 15.9. The molecule has 2 aromatic carbocycles. The van der Waals surface area contributed by atoms with E-state index in [0.29, 0.717) is 34.3 Å². The molecule has 8 heteroatoms. The van der Waals surface area contributed by atoms with E-state index in [2.05, 4.69) is 5.32 Å². The van der Waals surface area contributed by atoms with Gasteiger partial charge < -0.3 is 10.1 Å². The molecule has 0 atom stereocenters. The van der Waals surface area contributed by atoms with E-state index in [1.54, 1.807) is 19.2 Å². The molecule has 0 spiro atoms. The minimum absolute atomic E-state index is 0.215. The number of carbonyl (C=O) groups is 3. The number of nitrogens with zero attached hydrogens (tertiary/aromatic N) is 1. The van der Waals surface area contributed by atoms with Crippen molar-refractivity contribution in [2.45, 2.75) is 6.42 Å². The first-order valence-electron chi connectivity index (χ1n) is 8.18. The molecule has 1 aliphatic heterocycles. The maximum atomic E-state index is 12.5. The molecular formula is C19H16Cl2N2O4. The zero-order valence-electron chi connectivity index (χ0n) is 14.4. The van der Waals surface area contributed by atoms with Crippen molar-refractivity contribution in [2.24, 2.45) is 0 Å². The molecule has 0 radical (unpaired) electrons. The van der Waals surface area contributed by atoms with Crippen molar-refractivity contribution in [3.8, 4) is 0 Å². The minimum Gasteiger partial charge on any atom is -0.385 e. The molecule has 1 N–H and O–H groups in total. The normalized spacial score (nSPS) is 13.1. The molecule has 1 aliphatic rings. The summed E-state index contributed by atoms with van der Waals surface area (Å²) in [6, 6.07) is 9.12. The quantitative estimate of drug-likeness (QED) is 0.583. The van der Waals surface area contributed by atoms with Crippen LogP contribution in [-0.2, 0) is 4.74 Å². The molecular weight excluding hydrogens is 391 g/mol. The van der Waals surface area contributed by atoms with Crippen LogP contribution in [0.4, 0.5) is 5.69 Å². The molecule has 0 aliphatic carbocycles. The maximum Gasteiger partial charge on any atom is 0.261 e. The van der Waals surface area contributed by atoms with Crippen molar-refractivity contribution >= 4 is 46.6 Å². The van der Waals surface area contributed by atoms with Crippen LogP contribution in [0.25, 0.3) is 0 Å². The van der Waals surface area contributed by atoms with Gasteiger partial charge in [-0.3, -0.25) is 19.3 Å². The number of methoxy groups -OCH3 is 1. The molecule has 3 amide bonds. The number of imide groups is 1. The van der Waals surface area contributed by atoms with Gasteiger partial charge in [0, 0.05) is 30.8 Å². The van der Waals surface area contributed by atoms with E-state index in [-0.39, 0.29) is 23.6 Å². The van der Waals surface area contributed by atoms with Gasteiger partial charge in [0.25, 0.3) is 17.7 Å². The van der Waals surface area contributed by atoms with E-state index in [4.69, 9.17) is 27.9 Å². The average molecular weight is 407 g/mol. The highest BCUT2D eigenvalue weighted by molar-refractivity contribution is 6.36. The van der Waals surface area contributed by atoms with Gasteiger partial charge in [-0.15, -0.1) is 0 Å². The van der Waals surface area contributed by atoms with Crippen LogP contribution in [0.1, 0.15) is 37.5 Å². The third-order valence-electron chi connectivity index (χ3n) is 4.14. The van der Waals surface area contributed by atoms with Crippen LogP contribution >= 0.6 is 23.2 Å². The van der Waals surface area contributed by atoms with Gasteiger partial charge in [-0.05, 0) is 42.8 Å². The molecule has 0 aromatic heterocycles. The van der Waals surface area contributed by atoms with Crippen LogP contribution < -0.4 is 5.32 Å². The number of rotatable bonds is 6.